The zero-order chi connectivity index (χ0) is 25.2. The number of imide groups is 1. The summed E-state index contributed by atoms with van der Waals surface area (Å²) in [5, 5.41) is 2.83. The van der Waals surface area contributed by atoms with E-state index in [1.54, 1.807) is 66.7 Å². The van der Waals surface area contributed by atoms with Gasteiger partial charge in [0.15, 0.2) is 0 Å². The second-order valence-electron chi connectivity index (χ2n) is 8.81. The molecule has 1 N–H and O–H groups in total. The van der Waals surface area contributed by atoms with E-state index >= 15 is 0 Å². The lowest BCUT2D eigenvalue weighted by Gasteiger charge is -2.17. The summed E-state index contributed by atoms with van der Waals surface area (Å²) in [5.74, 6) is -0.859. The molecule has 0 radical (unpaired) electrons. The molecule has 4 amide bonds. The largest absolute Gasteiger partial charge is 0.496 e. The Morgan fingerprint density at radius 3 is 2.25 bits per heavy atom. The molecule has 2 heterocycles. The second-order valence-corrected chi connectivity index (χ2v) is 8.81. The van der Waals surface area contributed by atoms with Crippen LogP contribution in [0, 0.1) is 0 Å². The van der Waals surface area contributed by atoms with Crippen molar-refractivity contribution in [2.75, 3.05) is 25.5 Å². The lowest BCUT2D eigenvalue weighted by Crippen LogP contribution is -2.29. The molecule has 0 saturated carbocycles. The minimum absolute atomic E-state index is 0.0242. The third-order valence-electron chi connectivity index (χ3n) is 6.49. The number of methoxy groups -OCH3 is 1. The maximum absolute atomic E-state index is 13.2. The van der Waals surface area contributed by atoms with E-state index < -0.39 is 5.91 Å². The second kappa shape index (κ2) is 9.65. The number of nitrogens with zero attached hydrogens (tertiary/aromatic N) is 2. The summed E-state index contributed by atoms with van der Waals surface area (Å²) in [6, 6.07) is 18.5. The number of carbonyl (C=O) groups is 4. The van der Waals surface area contributed by atoms with E-state index in [1.807, 2.05) is 4.90 Å². The maximum atomic E-state index is 13.2. The molecule has 8 nitrogen and oxygen atoms in total. The number of anilines is 1. The molecule has 1 saturated heterocycles. The predicted octanol–water partition coefficient (Wildman–Crippen LogP) is 3.98. The van der Waals surface area contributed by atoms with Crippen molar-refractivity contribution in [2.45, 2.75) is 19.4 Å². The van der Waals surface area contributed by atoms with Crippen LogP contribution in [0.4, 0.5) is 5.69 Å². The molecule has 0 bridgehead atoms. The maximum Gasteiger partial charge on any atom is 0.261 e. The van der Waals surface area contributed by atoms with Crippen molar-refractivity contribution in [1.29, 1.82) is 0 Å². The molecule has 1 fully saturated rings. The number of hydrogen-bond donors (Lipinski definition) is 1. The van der Waals surface area contributed by atoms with Gasteiger partial charge >= 0.3 is 0 Å². The number of likely N-dealkylation sites (tertiary alicyclic amines) is 1. The topological polar surface area (TPSA) is 96.0 Å². The van der Waals surface area contributed by atoms with Gasteiger partial charge in [-0.25, -0.2) is 0 Å². The molecule has 2 aliphatic heterocycles. The number of fused-ring (bicyclic) bond motifs is 1. The van der Waals surface area contributed by atoms with Gasteiger partial charge in [0, 0.05) is 24.3 Å². The molecular formula is C28H25N3O5. The number of carbonyl (C=O) groups excluding carboxylic acids is 4. The van der Waals surface area contributed by atoms with Crippen molar-refractivity contribution >= 4 is 29.3 Å². The first-order chi connectivity index (χ1) is 17.5. The Labute approximate surface area is 208 Å². The molecule has 5 rings (SSSR count). The van der Waals surface area contributed by atoms with Gasteiger partial charge < -0.3 is 15.0 Å². The Hall–Kier alpha value is -4.46. The van der Waals surface area contributed by atoms with Crippen LogP contribution in [0.3, 0.4) is 0 Å². The van der Waals surface area contributed by atoms with Crippen molar-refractivity contribution < 1.29 is 23.9 Å². The molecule has 0 atom stereocenters. The fourth-order valence-electron chi connectivity index (χ4n) is 4.63. The van der Waals surface area contributed by atoms with Crippen LogP contribution in [-0.2, 0) is 6.54 Å². The molecule has 0 aromatic heterocycles. The lowest BCUT2D eigenvalue weighted by molar-refractivity contribution is 0.0641. The number of amides is 4. The van der Waals surface area contributed by atoms with Crippen LogP contribution in [0.5, 0.6) is 5.75 Å². The third-order valence-corrected chi connectivity index (χ3v) is 6.49. The number of hydrogen-bond acceptors (Lipinski definition) is 5. The molecule has 0 aliphatic carbocycles. The van der Waals surface area contributed by atoms with E-state index in [0.29, 0.717) is 33.7 Å². The van der Waals surface area contributed by atoms with Crippen LogP contribution in [-0.4, -0.2) is 53.6 Å². The van der Waals surface area contributed by atoms with Gasteiger partial charge in [-0.05, 0) is 60.9 Å². The first kappa shape index (κ1) is 23.3. The van der Waals surface area contributed by atoms with E-state index in [4.69, 9.17) is 4.74 Å². The predicted molar refractivity (Wildman–Crippen MR) is 133 cm³/mol. The molecule has 2 aliphatic rings. The van der Waals surface area contributed by atoms with Gasteiger partial charge in [0.2, 0.25) is 0 Å². The van der Waals surface area contributed by atoms with E-state index in [2.05, 4.69) is 5.32 Å². The minimum atomic E-state index is -0.429. The summed E-state index contributed by atoms with van der Waals surface area (Å²) in [7, 11) is 1.46. The Bertz CT molecular complexity index is 1340. The van der Waals surface area contributed by atoms with Crippen LogP contribution in [0.2, 0.25) is 0 Å². The quantitative estimate of drug-likeness (QED) is 0.535. The molecule has 36 heavy (non-hydrogen) atoms. The van der Waals surface area contributed by atoms with Gasteiger partial charge in [0.25, 0.3) is 23.6 Å². The van der Waals surface area contributed by atoms with E-state index in [-0.39, 0.29) is 29.8 Å². The van der Waals surface area contributed by atoms with Crippen molar-refractivity contribution in [2.24, 2.45) is 0 Å². The highest BCUT2D eigenvalue weighted by molar-refractivity contribution is 6.21. The van der Waals surface area contributed by atoms with Crippen molar-refractivity contribution in [3.05, 3.63) is 94.5 Å². The van der Waals surface area contributed by atoms with E-state index in [9.17, 15) is 19.2 Å². The first-order valence-corrected chi connectivity index (χ1v) is 11.8. The number of nitrogens with one attached hydrogen (secondary N) is 1. The summed E-state index contributed by atoms with van der Waals surface area (Å²) >= 11 is 0. The highest BCUT2D eigenvalue weighted by Crippen LogP contribution is 2.27. The minimum Gasteiger partial charge on any atom is -0.496 e. The number of benzene rings is 3. The van der Waals surface area contributed by atoms with Gasteiger partial charge in [0.1, 0.15) is 5.75 Å². The molecule has 3 aromatic rings. The summed E-state index contributed by atoms with van der Waals surface area (Å²) in [4.78, 5) is 54.4. The summed E-state index contributed by atoms with van der Waals surface area (Å²) in [6.45, 7) is 1.51. The van der Waals surface area contributed by atoms with Gasteiger partial charge in [-0.2, -0.15) is 0 Å². The molecule has 3 aromatic carbocycles. The normalized spacial score (nSPS) is 14.7. The van der Waals surface area contributed by atoms with Crippen LogP contribution in [0.1, 0.15) is 59.8 Å². The van der Waals surface area contributed by atoms with Crippen molar-refractivity contribution in [3.63, 3.8) is 0 Å². The number of rotatable bonds is 6. The smallest absolute Gasteiger partial charge is 0.261 e. The van der Waals surface area contributed by atoms with Crippen molar-refractivity contribution in [3.8, 4) is 5.75 Å². The molecular weight excluding hydrogens is 458 g/mol. The van der Waals surface area contributed by atoms with E-state index in [1.165, 1.54) is 12.0 Å². The van der Waals surface area contributed by atoms with Crippen LogP contribution < -0.4 is 10.1 Å². The van der Waals surface area contributed by atoms with Gasteiger partial charge in [-0.1, -0.05) is 24.3 Å². The molecule has 0 unspecified atom stereocenters. The number of ether oxygens (including phenoxy) is 1. The van der Waals surface area contributed by atoms with Crippen LogP contribution in [0.15, 0.2) is 66.7 Å². The average Bonchev–Trinajstić information content (AvgIpc) is 3.52. The van der Waals surface area contributed by atoms with Crippen LogP contribution >= 0.6 is 0 Å². The molecule has 182 valence electrons. The SMILES string of the molecule is COc1ccc(CN2C(=O)c3ccccc3C2=O)cc1C(=O)Nc1cccc(C(=O)N2CCCC2)c1. The van der Waals surface area contributed by atoms with Crippen molar-refractivity contribution in [1.82, 2.24) is 9.80 Å². The highest BCUT2D eigenvalue weighted by Gasteiger charge is 2.35. The van der Waals surface area contributed by atoms with Gasteiger partial charge in [0.05, 0.1) is 30.3 Å². The standard InChI is InChI=1S/C28H25N3O5/c1-36-24-12-11-18(17-31-27(34)21-9-2-3-10-22(21)28(31)35)15-23(24)25(32)29-20-8-6-7-19(16-20)26(33)30-13-4-5-14-30/h2-3,6-12,15-16H,4-5,13-14,17H2,1H3,(H,29,32). The highest BCUT2D eigenvalue weighted by atomic mass is 16.5. The first-order valence-electron chi connectivity index (χ1n) is 11.8. The fourth-order valence-corrected chi connectivity index (χ4v) is 4.63. The van der Waals surface area contributed by atoms with Gasteiger partial charge in [-0.3, -0.25) is 24.1 Å². The Morgan fingerprint density at radius 1 is 0.889 bits per heavy atom. The average molecular weight is 484 g/mol. The van der Waals surface area contributed by atoms with Crippen LogP contribution in [0.25, 0.3) is 0 Å². The summed E-state index contributed by atoms with van der Waals surface area (Å²) < 4.78 is 5.38. The Kier molecular flexibility index (Phi) is 6.25. The zero-order valence-corrected chi connectivity index (χ0v) is 19.8. The Morgan fingerprint density at radius 2 is 1.58 bits per heavy atom. The fraction of sp³-hybridized carbons (Fsp3) is 0.214. The molecule has 8 heteroatoms. The monoisotopic (exact) mass is 483 g/mol. The third kappa shape index (κ3) is 4.33. The molecule has 0 spiro atoms. The Balaban J connectivity index is 1.35. The lowest BCUT2D eigenvalue weighted by atomic mass is 10.1. The summed E-state index contributed by atoms with van der Waals surface area (Å²) in [6.07, 6.45) is 2.00. The van der Waals surface area contributed by atoms with E-state index in [0.717, 1.165) is 25.9 Å². The zero-order valence-electron chi connectivity index (χ0n) is 19.8. The van der Waals surface area contributed by atoms with Gasteiger partial charge in [-0.15, -0.1) is 0 Å². The summed E-state index contributed by atoms with van der Waals surface area (Å²) in [5.41, 5.74) is 2.60.